The van der Waals surface area contributed by atoms with Gasteiger partial charge in [0.15, 0.2) is 11.4 Å². The van der Waals surface area contributed by atoms with Crippen molar-refractivity contribution in [2.45, 2.75) is 0 Å². The van der Waals surface area contributed by atoms with Crippen LogP contribution in [0, 0.1) is 0 Å². The zero-order valence-electron chi connectivity index (χ0n) is 6.69. The van der Waals surface area contributed by atoms with E-state index in [9.17, 15) is 0 Å². The molecule has 4 heteroatoms. The highest BCUT2D eigenvalue weighted by Gasteiger charge is 2.03. The van der Waals surface area contributed by atoms with Crippen molar-refractivity contribution in [1.29, 1.82) is 0 Å². The summed E-state index contributed by atoms with van der Waals surface area (Å²) >= 11 is 0. The Hall–Kier alpha value is -1.71. The Morgan fingerprint density at radius 1 is 1.58 bits per heavy atom. The number of nitrogens with two attached hydrogens (primary N) is 1. The lowest BCUT2D eigenvalue weighted by Gasteiger charge is -2.01. The summed E-state index contributed by atoms with van der Waals surface area (Å²) in [6.45, 7) is 0. The third-order valence-corrected chi connectivity index (χ3v) is 1.75. The molecule has 0 aliphatic carbocycles. The highest BCUT2D eigenvalue weighted by molar-refractivity contribution is 5.58. The topological polar surface area (TPSA) is 52.5 Å². The number of fused-ring (bicyclic) bond motifs is 1. The van der Waals surface area contributed by atoms with Crippen LogP contribution >= 0.6 is 0 Å². The lowest BCUT2D eigenvalue weighted by molar-refractivity contribution is 0.417. The Bertz CT molecular complexity index is 408. The van der Waals surface area contributed by atoms with Crippen molar-refractivity contribution < 1.29 is 4.74 Å². The molecule has 0 unspecified atom stereocenters. The normalized spacial score (nSPS) is 10.4. The third-order valence-electron chi connectivity index (χ3n) is 1.75. The molecule has 0 saturated carbocycles. The van der Waals surface area contributed by atoms with E-state index in [-0.39, 0.29) is 0 Å². The van der Waals surface area contributed by atoms with Gasteiger partial charge >= 0.3 is 0 Å². The molecule has 0 fully saturated rings. The summed E-state index contributed by atoms with van der Waals surface area (Å²) in [4.78, 5) is 4.10. The average molecular weight is 163 g/mol. The van der Waals surface area contributed by atoms with Crippen LogP contribution in [-0.2, 0) is 0 Å². The van der Waals surface area contributed by atoms with E-state index in [0.717, 1.165) is 11.4 Å². The molecule has 0 spiro atoms. The minimum Gasteiger partial charge on any atom is -0.493 e. The number of anilines is 1. The van der Waals surface area contributed by atoms with Gasteiger partial charge < -0.3 is 10.5 Å². The number of hydrogen-bond donors (Lipinski definition) is 1. The van der Waals surface area contributed by atoms with Gasteiger partial charge in [0.25, 0.3) is 0 Å². The number of nitrogens with zero attached hydrogens (tertiary/aromatic N) is 2. The van der Waals surface area contributed by atoms with E-state index in [1.165, 1.54) is 0 Å². The standard InChI is InChI=1S/C8H9N3O/c1-12-6-3-2-4-11-7(9)5-10-8(6)11/h2-5H,9H2,1H3. The maximum Gasteiger partial charge on any atom is 0.181 e. The van der Waals surface area contributed by atoms with Crippen LogP contribution < -0.4 is 10.5 Å². The van der Waals surface area contributed by atoms with E-state index in [0.29, 0.717) is 5.82 Å². The van der Waals surface area contributed by atoms with E-state index < -0.39 is 0 Å². The molecule has 2 aromatic heterocycles. The zero-order chi connectivity index (χ0) is 8.55. The predicted octanol–water partition coefficient (Wildman–Crippen LogP) is 0.925. The minimum absolute atomic E-state index is 0.615. The number of rotatable bonds is 1. The number of pyridine rings is 1. The Morgan fingerprint density at radius 3 is 3.17 bits per heavy atom. The number of nitrogen functional groups attached to an aromatic ring is 1. The molecule has 12 heavy (non-hydrogen) atoms. The molecule has 0 saturated heterocycles. The summed E-state index contributed by atoms with van der Waals surface area (Å²) < 4.78 is 6.88. The van der Waals surface area contributed by atoms with Crippen LogP contribution in [0.25, 0.3) is 5.65 Å². The largest absolute Gasteiger partial charge is 0.493 e. The van der Waals surface area contributed by atoms with Gasteiger partial charge in [-0.3, -0.25) is 4.40 Å². The fourth-order valence-electron chi connectivity index (χ4n) is 1.16. The van der Waals surface area contributed by atoms with Gasteiger partial charge in [0.05, 0.1) is 13.3 Å². The summed E-state index contributed by atoms with van der Waals surface area (Å²) in [6, 6.07) is 3.71. The molecule has 2 heterocycles. The first-order chi connectivity index (χ1) is 5.83. The van der Waals surface area contributed by atoms with Gasteiger partial charge in [0.1, 0.15) is 5.82 Å². The predicted molar refractivity (Wildman–Crippen MR) is 46.2 cm³/mol. The Kier molecular flexibility index (Phi) is 1.40. The maximum absolute atomic E-state index is 5.64. The van der Waals surface area contributed by atoms with E-state index in [1.807, 2.05) is 18.3 Å². The minimum atomic E-state index is 0.615. The van der Waals surface area contributed by atoms with Crippen LogP contribution in [0.15, 0.2) is 24.5 Å². The first-order valence-corrected chi connectivity index (χ1v) is 3.58. The van der Waals surface area contributed by atoms with Crippen molar-refractivity contribution in [3.63, 3.8) is 0 Å². The molecule has 2 rings (SSSR count). The van der Waals surface area contributed by atoms with Gasteiger partial charge in [0.2, 0.25) is 0 Å². The molecule has 0 amide bonds. The van der Waals surface area contributed by atoms with Crippen molar-refractivity contribution >= 4 is 11.5 Å². The van der Waals surface area contributed by atoms with Crippen molar-refractivity contribution in [2.24, 2.45) is 0 Å². The molecule has 62 valence electrons. The van der Waals surface area contributed by atoms with Crippen molar-refractivity contribution in [3.05, 3.63) is 24.5 Å². The molecule has 0 radical (unpaired) electrons. The first-order valence-electron chi connectivity index (χ1n) is 3.58. The monoisotopic (exact) mass is 163 g/mol. The van der Waals surface area contributed by atoms with Gasteiger partial charge in [-0.1, -0.05) is 0 Å². The van der Waals surface area contributed by atoms with Gasteiger partial charge in [-0.25, -0.2) is 4.98 Å². The van der Waals surface area contributed by atoms with Crippen molar-refractivity contribution in [1.82, 2.24) is 9.38 Å². The van der Waals surface area contributed by atoms with Gasteiger partial charge in [-0.05, 0) is 12.1 Å². The molecule has 0 aliphatic heterocycles. The summed E-state index contributed by atoms with van der Waals surface area (Å²) in [5.41, 5.74) is 6.39. The first kappa shape index (κ1) is 6.97. The number of aromatic nitrogens is 2. The molecule has 2 aromatic rings. The van der Waals surface area contributed by atoms with Crippen LogP contribution in [0.4, 0.5) is 5.82 Å². The molecule has 4 nitrogen and oxygen atoms in total. The second-order valence-electron chi connectivity index (χ2n) is 2.45. The second-order valence-corrected chi connectivity index (χ2v) is 2.45. The summed E-state index contributed by atoms with van der Waals surface area (Å²) in [6.07, 6.45) is 3.46. The molecule has 0 bridgehead atoms. The lowest BCUT2D eigenvalue weighted by Crippen LogP contribution is -1.93. The fourth-order valence-corrected chi connectivity index (χ4v) is 1.16. The van der Waals surface area contributed by atoms with Crippen LogP contribution in [0.1, 0.15) is 0 Å². The van der Waals surface area contributed by atoms with Gasteiger partial charge in [0, 0.05) is 6.20 Å². The molecule has 0 atom stereocenters. The zero-order valence-corrected chi connectivity index (χ0v) is 6.69. The van der Waals surface area contributed by atoms with Crippen LogP contribution in [0.2, 0.25) is 0 Å². The van der Waals surface area contributed by atoms with Crippen LogP contribution in [0.3, 0.4) is 0 Å². The van der Waals surface area contributed by atoms with Crippen molar-refractivity contribution in [2.75, 3.05) is 12.8 Å². The Morgan fingerprint density at radius 2 is 2.42 bits per heavy atom. The maximum atomic E-state index is 5.64. The van der Waals surface area contributed by atoms with E-state index in [4.69, 9.17) is 10.5 Å². The molecular weight excluding hydrogens is 154 g/mol. The van der Waals surface area contributed by atoms with Crippen molar-refractivity contribution in [3.8, 4) is 5.75 Å². The van der Waals surface area contributed by atoms with E-state index in [1.54, 1.807) is 17.7 Å². The molecule has 0 aliphatic rings. The highest BCUT2D eigenvalue weighted by Crippen LogP contribution is 2.19. The third kappa shape index (κ3) is 0.812. The molecular formula is C8H9N3O. The summed E-state index contributed by atoms with van der Waals surface area (Å²) in [7, 11) is 1.61. The number of ether oxygens (including phenoxy) is 1. The smallest absolute Gasteiger partial charge is 0.181 e. The Labute approximate surface area is 69.6 Å². The van der Waals surface area contributed by atoms with Gasteiger partial charge in [-0.15, -0.1) is 0 Å². The van der Waals surface area contributed by atoms with Crippen LogP contribution in [0.5, 0.6) is 5.75 Å². The summed E-state index contributed by atoms with van der Waals surface area (Å²) in [5, 5.41) is 0. The second kappa shape index (κ2) is 2.41. The highest BCUT2D eigenvalue weighted by atomic mass is 16.5. The molecule has 0 aromatic carbocycles. The number of hydrogen-bond acceptors (Lipinski definition) is 3. The number of imidazole rings is 1. The lowest BCUT2D eigenvalue weighted by atomic mass is 10.4. The quantitative estimate of drug-likeness (QED) is 0.680. The SMILES string of the molecule is COc1cccn2c(N)cnc12. The van der Waals surface area contributed by atoms with E-state index in [2.05, 4.69) is 4.98 Å². The van der Waals surface area contributed by atoms with Crippen LogP contribution in [-0.4, -0.2) is 16.5 Å². The molecule has 2 N–H and O–H groups in total. The summed E-state index contributed by atoms with van der Waals surface area (Å²) in [5.74, 6) is 1.35. The van der Waals surface area contributed by atoms with E-state index >= 15 is 0 Å². The average Bonchev–Trinajstić information content (AvgIpc) is 2.48. The fraction of sp³-hybridized carbons (Fsp3) is 0.125. The number of methoxy groups -OCH3 is 1. The Balaban J connectivity index is 2.81. The van der Waals surface area contributed by atoms with Gasteiger partial charge in [-0.2, -0.15) is 0 Å².